The lowest BCUT2D eigenvalue weighted by Crippen LogP contribution is -2.20. The van der Waals surface area contributed by atoms with Crippen LogP contribution in [0.4, 0.5) is 33.7 Å². The number of anilines is 2. The van der Waals surface area contributed by atoms with Crippen LogP contribution in [0.25, 0.3) is 11.2 Å². The van der Waals surface area contributed by atoms with E-state index < -0.39 is 50.6 Å². The van der Waals surface area contributed by atoms with Gasteiger partial charge in [0, 0.05) is 6.07 Å². The van der Waals surface area contributed by atoms with Gasteiger partial charge in [-0.1, -0.05) is 0 Å². The Balaban J connectivity index is 1.51. The fraction of sp³-hybridized carbons (Fsp3) is 0.0500. The topological polar surface area (TPSA) is 135 Å². The molecule has 0 aliphatic rings. The molecule has 0 bridgehead atoms. The second kappa shape index (κ2) is 9.46. The maximum atomic E-state index is 14.9. The van der Waals surface area contributed by atoms with Gasteiger partial charge in [-0.2, -0.15) is 8.78 Å². The van der Waals surface area contributed by atoms with Crippen LogP contribution >= 0.6 is 0 Å². The van der Waals surface area contributed by atoms with Gasteiger partial charge in [0.2, 0.25) is 0 Å². The van der Waals surface area contributed by atoms with Gasteiger partial charge < -0.3 is 14.5 Å². The van der Waals surface area contributed by atoms with E-state index in [2.05, 4.69) is 19.7 Å². The van der Waals surface area contributed by atoms with Crippen molar-refractivity contribution in [3.8, 4) is 11.5 Å². The van der Waals surface area contributed by atoms with E-state index in [-0.39, 0.29) is 11.5 Å². The maximum Gasteiger partial charge on any atom is 0.417 e. The van der Waals surface area contributed by atoms with Crippen molar-refractivity contribution in [3.05, 3.63) is 66.6 Å². The number of nitrogens with one attached hydrogen (secondary N) is 3. The van der Waals surface area contributed by atoms with E-state index in [1.807, 2.05) is 10.0 Å². The first kappa shape index (κ1) is 23.7. The van der Waals surface area contributed by atoms with E-state index in [1.54, 1.807) is 0 Å². The van der Waals surface area contributed by atoms with Crippen LogP contribution in [0.5, 0.6) is 11.5 Å². The molecule has 0 aliphatic carbocycles. The van der Waals surface area contributed by atoms with Crippen LogP contribution < -0.4 is 19.5 Å². The van der Waals surface area contributed by atoms with Gasteiger partial charge in [0.05, 0.1) is 28.6 Å². The summed E-state index contributed by atoms with van der Waals surface area (Å²) in [6, 6.07) is 6.73. The summed E-state index contributed by atoms with van der Waals surface area (Å²) in [6.07, 6.45) is 1.25. The lowest BCUT2D eigenvalue weighted by atomic mass is 10.2. The summed E-state index contributed by atoms with van der Waals surface area (Å²) in [5, 5.41) is 1.87. The number of amides is 1. The predicted molar refractivity (Wildman–Crippen MR) is 114 cm³/mol. The first-order valence-electron chi connectivity index (χ1n) is 9.46. The van der Waals surface area contributed by atoms with Gasteiger partial charge in [0.1, 0.15) is 17.3 Å². The number of aromatic amines is 1. The second-order valence-corrected chi connectivity index (χ2v) is 8.38. The summed E-state index contributed by atoms with van der Waals surface area (Å²) in [7, 11) is -4.42. The number of carbonyl (C=O) groups excluding carboxylic acids is 1. The van der Waals surface area contributed by atoms with Gasteiger partial charge in [0.25, 0.3) is 10.0 Å². The number of aromatic nitrogens is 3. The molecule has 3 N–H and O–H groups in total. The maximum absolute atomic E-state index is 14.9. The number of rotatable bonds is 7. The molecule has 10 nitrogen and oxygen atoms in total. The number of hydrogen-bond acceptors (Lipinski definition) is 7. The Labute approximate surface area is 194 Å². The third-order valence-electron chi connectivity index (χ3n) is 4.38. The third-order valence-corrected chi connectivity index (χ3v) is 5.76. The molecular formula is C20H13F4N5O5S. The Kier molecular flexibility index (Phi) is 6.42. The van der Waals surface area contributed by atoms with Crippen molar-refractivity contribution in [2.75, 3.05) is 10.0 Å². The molecule has 2 aromatic heterocycles. The van der Waals surface area contributed by atoms with Gasteiger partial charge in [-0.15, -0.1) is 0 Å². The molecule has 0 spiro atoms. The molecule has 2 heterocycles. The zero-order chi connectivity index (χ0) is 25.2. The number of fused-ring (bicyclic) bond motifs is 1. The number of nitrogens with zero attached hydrogens (tertiary/aromatic N) is 2. The summed E-state index contributed by atoms with van der Waals surface area (Å²) in [5.41, 5.74) is -0.884. The molecule has 4 rings (SSSR count). The molecule has 0 saturated carbocycles. The number of carbonyl (C=O) groups is 1. The van der Waals surface area contributed by atoms with Crippen LogP contribution in [0.3, 0.4) is 0 Å². The first-order chi connectivity index (χ1) is 16.6. The van der Waals surface area contributed by atoms with E-state index in [0.29, 0.717) is 17.2 Å². The number of H-pyrrole nitrogens is 1. The van der Waals surface area contributed by atoms with Gasteiger partial charge in [-0.3, -0.25) is 10.0 Å². The Bertz CT molecular complexity index is 1500. The van der Waals surface area contributed by atoms with Crippen LogP contribution in [0.1, 0.15) is 0 Å². The monoisotopic (exact) mass is 511 g/mol. The minimum Gasteiger partial charge on any atom is -0.435 e. The van der Waals surface area contributed by atoms with E-state index in [9.17, 15) is 30.8 Å². The number of sulfonamides is 1. The summed E-state index contributed by atoms with van der Waals surface area (Å²) >= 11 is 0. The Hall–Kier alpha value is -4.40. The largest absolute Gasteiger partial charge is 0.435 e. The minimum absolute atomic E-state index is 0.0591. The molecule has 0 atom stereocenters. The Morgan fingerprint density at radius 3 is 2.49 bits per heavy atom. The van der Waals surface area contributed by atoms with E-state index in [1.165, 1.54) is 12.4 Å². The summed E-state index contributed by atoms with van der Waals surface area (Å²) < 4.78 is 89.7. The molecule has 0 radical (unpaired) electrons. The van der Waals surface area contributed by atoms with Crippen molar-refractivity contribution in [1.29, 1.82) is 0 Å². The van der Waals surface area contributed by atoms with Crippen LogP contribution in [-0.4, -0.2) is 36.1 Å². The third kappa shape index (κ3) is 5.40. The molecule has 1 amide bonds. The second-order valence-electron chi connectivity index (χ2n) is 6.70. The molecule has 15 heteroatoms. The lowest BCUT2D eigenvalue weighted by Gasteiger charge is -2.13. The van der Waals surface area contributed by atoms with Gasteiger partial charge >= 0.3 is 12.7 Å². The molecule has 0 unspecified atom stereocenters. The molecule has 0 saturated heterocycles. The molecule has 4 aromatic rings. The standard InChI is InChI=1S/C20H13F4N5O5S/c21-13-5-6-14(29-35(31,32)12-3-1-10(2-4-12)33-19(23)24)16(22)17(13)28-20(30)34-11-7-15-18(25-8-11)27-9-26-15/h1-9,19,29H,(H,28,30)(H,25,26,27). The van der Waals surface area contributed by atoms with Crippen molar-refractivity contribution in [2.24, 2.45) is 0 Å². The van der Waals surface area contributed by atoms with Gasteiger partial charge in [-0.25, -0.2) is 32.0 Å². The van der Waals surface area contributed by atoms with Crippen molar-refractivity contribution in [3.63, 3.8) is 0 Å². The Morgan fingerprint density at radius 1 is 1.03 bits per heavy atom. The van der Waals surface area contributed by atoms with Crippen molar-refractivity contribution in [2.45, 2.75) is 11.5 Å². The highest BCUT2D eigenvalue weighted by molar-refractivity contribution is 7.92. The first-order valence-corrected chi connectivity index (χ1v) is 10.9. The van der Waals surface area contributed by atoms with Crippen LogP contribution in [0.15, 0.2) is 59.9 Å². The number of imidazole rings is 1. The highest BCUT2D eigenvalue weighted by atomic mass is 32.2. The highest BCUT2D eigenvalue weighted by Gasteiger charge is 2.22. The van der Waals surface area contributed by atoms with Gasteiger partial charge in [0.15, 0.2) is 17.2 Å². The van der Waals surface area contributed by atoms with Crippen LogP contribution in [0.2, 0.25) is 0 Å². The number of alkyl halides is 2. The molecule has 2 aromatic carbocycles. The fourth-order valence-electron chi connectivity index (χ4n) is 2.85. The molecule has 0 fully saturated rings. The van der Waals surface area contributed by atoms with Gasteiger partial charge in [-0.05, 0) is 36.4 Å². The van der Waals surface area contributed by atoms with Crippen LogP contribution in [0, 0.1) is 11.6 Å². The summed E-state index contributed by atoms with van der Waals surface area (Å²) in [6.45, 7) is -3.11. The molecular weight excluding hydrogens is 498 g/mol. The molecule has 0 aliphatic heterocycles. The summed E-state index contributed by atoms with van der Waals surface area (Å²) in [4.78, 5) is 22.3. The number of pyridine rings is 1. The normalized spacial score (nSPS) is 11.5. The SMILES string of the molecule is O=C(Nc1c(F)ccc(NS(=O)(=O)c2ccc(OC(F)F)cc2)c1F)Oc1cnc2nc[nH]c2c1. The Morgan fingerprint density at radius 2 is 1.77 bits per heavy atom. The van der Waals surface area contributed by atoms with Crippen molar-refractivity contribution < 1.29 is 40.2 Å². The average Bonchev–Trinajstić information content (AvgIpc) is 3.26. The fourth-order valence-corrected chi connectivity index (χ4v) is 3.91. The average molecular weight is 511 g/mol. The van der Waals surface area contributed by atoms with Crippen LogP contribution in [-0.2, 0) is 10.0 Å². The molecule has 35 heavy (non-hydrogen) atoms. The smallest absolute Gasteiger partial charge is 0.417 e. The number of ether oxygens (including phenoxy) is 2. The highest BCUT2D eigenvalue weighted by Crippen LogP contribution is 2.29. The van der Waals surface area contributed by atoms with Crippen molar-refractivity contribution in [1.82, 2.24) is 15.0 Å². The quantitative estimate of drug-likeness (QED) is 0.316. The van der Waals surface area contributed by atoms with E-state index in [4.69, 9.17) is 4.74 Å². The van der Waals surface area contributed by atoms with Crippen molar-refractivity contribution >= 4 is 38.7 Å². The number of benzene rings is 2. The van der Waals surface area contributed by atoms with E-state index >= 15 is 0 Å². The minimum atomic E-state index is -4.42. The predicted octanol–water partition coefficient (Wildman–Crippen LogP) is 4.25. The van der Waals surface area contributed by atoms with E-state index in [0.717, 1.165) is 36.5 Å². The summed E-state index contributed by atoms with van der Waals surface area (Å²) in [5.74, 6) is -3.00. The molecule has 182 valence electrons. The lowest BCUT2D eigenvalue weighted by molar-refractivity contribution is -0.0498. The zero-order valence-corrected chi connectivity index (χ0v) is 17.9. The zero-order valence-electron chi connectivity index (χ0n) is 17.1. The number of hydrogen-bond donors (Lipinski definition) is 3. The number of halogens is 4.